The van der Waals surface area contributed by atoms with Gasteiger partial charge in [0.2, 0.25) is 0 Å². The van der Waals surface area contributed by atoms with Crippen molar-refractivity contribution in [3.8, 4) is 5.75 Å². The summed E-state index contributed by atoms with van der Waals surface area (Å²) < 4.78 is 5.65. The Kier molecular flexibility index (Phi) is 5.34. The molecule has 0 atom stereocenters. The number of benzene rings is 1. The maximum Gasteiger partial charge on any atom is 0.130 e. The van der Waals surface area contributed by atoms with Crippen LogP contribution < -0.4 is 4.74 Å². The summed E-state index contributed by atoms with van der Waals surface area (Å²) in [4.78, 5) is 4.35. The van der Waals surface area contributed by atoms with Gasteiger partial charge in [-0.05, 0) is 39.0 Å². The van der Waals surface area contributed by atoms with Crippen molar-refractivity contribution in [3.63, 3.8) is 0 Å². The first-order valence-corrected chi connectivity index (χ1v) is 5.61. The largest absolute Gasteiger partial charge is 0.487 e. The van der Waals surface area contributed by atoms with Crippen molar-refractivity contribution < 1.29 is 4.74 Å². The Morgan fingerprint density at radius 2 is 2.00 bits per heavy atom. The minimum Gasteiger partial charge on any atom is -0.487 e. The smallest absolute Gasteiger partial charge is 0.130 e. The van der Waals surface area contributed by atoms with E-state index in [1.54, 1.807) is 0 Å². The molecule has 0 aliphatic heterocycles. The highest BCUT2D eigenvalue weighted by Crippen LogP contribution is 2.11. The van der Waals surface area contributed by atoms with E-state index in [1.807, 2.05) is 50.3 Å². The van der Waals surface area contributed by atoms with E-state index in [2.05, 4.69) is 11.9 Å². The molecule has 1 rings (SSSR count). The molecule has 2 heteroatoms. The van der Waals surface area contributed by atoms with Gasteiger partial charge >= 0.3 is 0 Å². The van der Waals surface area contributed by atoms with Gasteiger partial charge in [0.05, 0.1) is 5.71 Å². The van der Waals surface area contributed by atoms with E-state index in [4.69, 9.17) is 4.74 Å². The summed E-state index contributed by atoms with van der Waals surface area (Å²) in [5.41, 5.74) is 2.22. The summed E-state index contributed by atoms with van der Waals surface area (Å²) in [6.07, 6.45) is 3.96. The maximum absolute atomic E-state index is 5.65. The SMILES string of the molecule is C/C=C\C(COc1ccc(C)cc1)=N/CC. The normalized spacial score (nSPS) is 12.1. The monoisotopic (exact) mass is 217 g/mol. The first-order chi connectivity index (χ1) is 7.76. The molecule has 0 heterocycles. The van der Waals surface area contributed by atoms with Gasteiger partial charge in [0.15, 0.2) is 0 Å². The molecule has 0 saturated carbocycles. The number of aliphatic imine (C=N–C) groups is 1. The topological polar surface area (TPSA) is 21.6 Å². The molecular formula is C14H19NO. The second kappa shape index (κ2) is 6.83. The highest BCUT2D eigenvalue weighted by molar-refractivity contribution is 5.96. The third-order valence-electron chi connectivity index (χ3n) is 2.13. The first-order valence-electron chi connectivity index (χ1n) is 5.61. The molecule has 0 aromatic heterocycles. The summed E-state index contributed by atoms with van der Waals surface area (Å²) in [5, 5.41) is 0. The minimum atomic E-state index is 0.529. The molecule has 0 radical (unpaired) electrons. The summed E-state index contributed by atoms with van der Waals surface area (Å²) in [7, 11) is 0. The molecule has 0 fully saturated rings. The number of allylic oxidation sites excluding steroid dienone is 1. The predicted octanol–water partition coefficient (Wildman–Crippen LogP) is 3.41. The molecule has 0 amide bonds. The van der Waals surface area contributed by atoms with Crippen molar-refractivity contribution in [3.05, 3.63) is 42.0 Å². The molecule has 0 aliphatic rings. The average molecular weight is 217 g/mol. The van der Waals surface area contributed by atoms with Crippen molar-refractivity contribution in [2.75, 3.05) is 13.2 Å². The van der Waals surface area contributed by atoms with Crippen LogP contribution in [0.4, 0.5) is 0 Å². The number of hydrogen-bond acceptors (Lipinski definition) is 2. The van der Waals surface area contributed by atoms with Crippen LogP contribution in [0.25, 0.3) is 0 Å². The summed E-state index contributed by atoms with van der Waals surface area (Å²) in [6, 6.07) is 8.05. The molecule has 0 N–H and O–H groups in total. The maximum atomic E-state index is 5.65. The fraction of sp³-hybridized carbons (Fsp3) is 0.357. The second-order valence-electron chi connectivity index (χ2n) is 3.57. The Labute approximate surface area is 97.7 Å². The molecule has 0 aliphatic carbocycles. The van der Waals surface area contributed by atoms with E-state index in [9.17, 15) is 0 Å². The molecule has 0 saturated heterocycles. The molecule has 86 valence electrons. The van der Waals surface area contributed by atoms with Crippen molar-refractivity contribution in [1.82, 2.24) is 0 Å². The third-order valence-corrected chi connectivity index (χ3v) is 2.13. The summed E-state index contributed by atoms with van der Waals surface area (Å²) in [5.74, 6) is 0.888. The zero-order valence-corrected chi connectivity index (χ0v) is 10.2. The predicted molar refractivity (Wildman–Crippen MR) is 69.5 cm³/mol. The Balaban J connectivity index is 2.55. The second-order valence-corrected chi connectivity index (χ2v) is 3.57. The van der Waals surface area contributed by atoms with Crippen LogP contribution >= 0.6 is 0 Å². The van der Waals surface area contributed by atoms with Crippen LogP contribution in [-0.2, 0) is 0 Å². The fourth-order valence-electron chi connectivity index (χ4n) is 1.33. The van der Waals surface area contributed by atoms with Gasteiger partial charge in [0.1, 0.15) is 12.4 Å². The van der Waals surface area contributed by atoms with E-state index >= 15 is 0 Å². The molecule has 16 heavy (non-hydrogen) atoms. The summed E-state index contributed by atoms with van der Waals surface area (Å²) in [6.45, 7) is 7.39. The van der Waals surface area contributed by atoms with Gasteiger partial charge in [-0.2, -0.15) is 0 Å². The van der Waals surface area contributed by atoms with Crippen LogP contribution in [0.5, 0.6) is 5.75 Å². The molecule has 1 aromatic carbocycles. The van der Waals surface area contributed by atoms with Crippen LogP contribution in [0.2, 0.25) is 0 Å². The third kappa shape index (κ3) is 4.30. The van der Waals surface area contributed by atoms with Crippen LogP contribution in [0.3, 0.4) is 0 Å². The highest BCUT2D eigenvalue weighted by atomic mass is 16.5. The zero-order valence-electron chi connectivity index (χ0n) is 10.2. The Hall–Kier alpha value is -1.57. The highest BCUT2D eigenvalue weighted by Gasteiger charge is 1.96. The van der Waals surface area contributed by atoms with Crippen LogP contribution in [0, 0.1) is 6.92 Å². The Bertz CT molecular complexity index is 363. The van der Waals surface area contributed by atoms with E-state index in [0.29, 0.717) is 6.61 Å². The van der Waals surface area contributed by atoms with Gasteiger partial charge in [-0.15, -0.1) is 0 Å². The molecule has 2 nitrogen and oxygen atoms in total. The summed E-state index contributed by atoms with van der Waals surface area (Å²) >= 11 is 0. The molecule has 0 bridgehead atoms. The lowest BCUT2D eigenvalue weighted by atomic mass is 10.2. The molecule has 0 spiro atoms. The number of ether oxygens (including phenoxy) is 1. The van der Waals surface area contributed by atoms with E-state index in [0.717, 1.165) is 18.0 Å². The lowest BCUT2D eigenvalue weighted by Crippen LogP contribution is -2.09. The molecular weight excluding hydrogens is 198 g/mol. The van der Waals surface area contributed by atoms with Gasteiger partial charge in [-0.3, -0.25) is 4.99 Å². The lowest BCUT2D eigenvalue weighted by molar-refractivity contribution is 0.377. The Morgan fingerprint density at radius 3 is 2.56 bits per heavy atom. The fourth-order valence-corrected chi connectivity index (χ4v) is 1.33. The van der Waals surface area contributed by atoms with Crippen molar-refractivity contribution >= 4 is 5.71 Å². The number of aryl methyl sites for hydroxylation is 1. The number of nitrogens with zero attached hydrogens (tertiary/aromatic N) is 1. The van der Waals surface area contributed by atoms with Crippen molar-refractivity contribution in [2.24, 2.45) is 4.99 Å². The first kappa shape index (κ1) is 12.5. The number of rotatable bonds is 5. The van der Waals surface area contributed by atoms with Crippen molar-refractivity contribution in [1.29, 1.82) is 0 Å². The number of hydrogen-bond donors (Lipinski definition) is 0. The van der Waals surface area contributed by atoms with Crippen LogP contribution in [-0.4, -0.2) is 18.9 Å². The molecule has 1 aromatic rings. The van der Waals surface area contributed by atoms with E-state index in [-0.39, 0.29) is 0 Å². The van der Waals surface area contributed by atoms with Gasteiger partial charge in [0, 0.05) is 6.54 Å². The van der Waals surface area contributed by atoms with Crippen molar-refractivity contribution in [2.45, 2.75) is 20.8 Å². The van der Waals surface area contributed by atoms with Gasteiger partial charge < -0.3 is 4.74 Å². The average Bonchev–Trinajstić information content (AvgIpc) is 2.29. The van der Waals surface area contributed by atoms with Crippen LogP contribution in [0.15, 0.2) is 41.4 Å². The van der Waals surface area contributed by atoms with Gasteiger partial charge in [-0.1, -0.05) is 23.8 Å². The Morgan fingerprint density at radius 1 is 1.31 bits per heavy atom. The standard InChI is InChI=1S/C14H19NO/c1-4-6-13(15-5-2)11-16-14-9-7-12(3)8-10-14/h4,6-10H,5,11H2,1-3H3/b6-4-,15-13+. The zero-order chi connectivity index (χ0) is 11.8. The van der Waals surface area contributed by atoms with E-state index < -0.39 is 0 Å². The van der Waals surface area contributed by atoms with Gasteiger partial charge in [-0.25, -0.2) is 0 Å². The van der Waals surface area contributed by atoms with Gasteiger partial charge in [0.25, 0.3) is 0 Å². The lowest BCUT2D eigenvalue weighted by Gasteiger charge is -2.06. The van der Waals surface area contributed by atoms with Crippen LogP contribution in [0.1, 0.15) is 19.4 Å². The molecule has 0 unspecified atom stereocenters. The van der Waals surface area contributed by atoms with E-state index in [1.165, 1.54) is 5.56 Å². The quantitative estimate of drug-likeness (QED) is 0.693. The minimum absolute atomic E-state index is 0.529.